The molecule has 2 N–H and O–H groups in total. The summed E-state index contributed by atoms with van der Waals surface area (Å²) >= 11 is 0. The quantitative estimate of drug-likeness (QED) is 0.596. The van der Waals surface area contributed by atoms with Gasteiger partial charge in [-0.15, -0.1) is 0 Å². The van der Waals surface area contributed by atoms with E-state index < -0.39 is 10.2 Å². The highest BCUT2D eigenvalue weighted by Gasteiger charge is 2.24. The van der Waals surface area contributed by atoms with E-state index in [0.717, 1.165) is 25.8 Å². The fourth-order valence-electron chi connectivity index (χ4n) is 1.49. The van der Waals surface area contributed by atoms with Crippen LogP contribution in [0, 0.1) is 0 Å². The van der Waals surface area contributed by atoms with Crippen LogP contribution in [0.1, 0.15) is 19.3 Å². The summed E-state index contributed by atoms with van der Waals surface area (Å²) in [5.41, 5.74) is 0. The lowest BCUT2D eigenvalue weighted by molar-refractivity contribution is 0.464. The monoisotopic (exact) mass is 221 g/mol. The van der Waals surface area contributed by atoms with Crippen LogP contribution in [0.4, 0.5) is 0 Å². The Morgan fingerprint density at radius 1 is 1.21 bits per heavy atom. The van der Waals surface area contributed by atoms with Gasteiger partial charge in [-0.1, -0.05) is 0 Å². The van der Waals surface area contributed by atoms with Gasteiger partial charge in [-0.25, -0.2) is 4.72 Å². The second-order valence-corrected chi connectivity index (χ2v) is 5.22. The predicted octanol–water partition coefficient (Wildman–Crippen LogP) is -0.474. The zero-order valence-corrected chi connectivity index (χ0v) is 9.44. The normalized spacial score (nSPS) is 18.9. The summed E-state index contributed by atoms with van der Waals surface area (Å²) in [6, 6.07) is 0. The van der Waals surface area contributed by atoms with Crippen LogP contribution >= 0.6 is 0 Å². The van der Waals surface area contributed by atoms with Gasteiger partial charge < -0.3 is 5.32 Å². The zero-order chi connectivity index (χ0) is 10.4. The van der Waals surface area contributed by atoms with Crippen molar-refractivity contribution in [2.45, 2.75) is 19.3 Å². The SMILES string of the molecule is CNCCCNS(=O)(=O)N1CCCC1. The van der Waals surface area contributed by atoms with Crippen molar-refractivity contribution in [2.24, 2.45) is 0 Å². The molecule has 0 spiro atoms. The van der Waals surface area contributed by atoms with Crippen molar-refractivity contribution >= 4 is 10.2 Å². The first-order valence-corrected chi connectivity index (χ1v) is 6.50. The van der Waals surface area contributed by atoms with Gasteiger partial charge in [0.1, 0.15) is 0 Å². The van der Waals surface area contributed by atoms with E-state index in [9.17, 15) is 8.42 Å². The van der Waals surface area contributed by atoms with Gasteiger partial charge in [0.2, 0.25) is 0 Å². The molecule has 0 bridgehead atoms. The van der Waals surface area contributed by atoms with E-state index in [2.05, 4.69) is 10.0 Å². The molecule has 0 aromatic heterocycles. The second kappa shape index (κ2) is 5.65. The van der Waals surface area contributed by atoms with Gasteiger partial charge in [0.05, 0.1) is 0 Å². The first kappa shape index (κ1) is 11.9. The minimum Gasteiger partial charge on any atom is -0.320 e. The summed E-state index contributed by atoms with van der Waals surface area (Å²) in [5.74, 6) is 0. The van der Waals surface area contributed by atoms with Gasteiger partial charge in [0.15, 0.2) is 0 Å². The van der Waals surface area contributed by atoms with Gasteiger partial charge in [0.25, 0.3) is 10.2 Å². The summed E-state index contributed by atoms with van der Waals surface area (Å²) in [7, 11) is -1.33. The van der Waals surface area contributed by atoms with Crippen LogP contribution in [-0.4, -0.2) is 45.9 Å². The first-order chi connectivity index (χ1) is 6.67. The van der Waals surface area contributed by atoms with Crippen molar-refractivity contribution in [1.29, 1.82) is 0 Å². The van der Waals surface area contributed by atoms with Crippen LogP contribution in [0.15, 0.2) is 0 Å². The molecule has 5 nitrogen and oxygen atoms in total. The number of rotatable bonds is 6. The number of nitrogens with one attached hydrogen (secondary N) is 2. The van der Waals surface area contributed by atoms with Gasteiger partial charge in [-0.2, -0.15) is 12.7 Å². The average molecular weight is 221 g/mol. The topological polar surface area (TPSA) is 61.4 Å². The molecule has 0 aromatic carbocycles. The fourth-order valence-corrected chi connectivity index (χ4v) is 2.81. The highest BCUT2D eigenvalue weighted by Crippen LogP contribution is 2.10. The van der Waals surface area contributed by atoms with Crippen molar-refractivity contribution in [3.63, 3.8) is 0 Å². The summed E-state index contributed by atoms with van der Waals surface area (Å²) in [5, 5.41) is 2.98. The Morgan fingerprint density at radius 3 is 2.43 bits per heavy atom. The summed E-state index contributed by atoms with van der Waals surface area (Å²) in [6.07, 6.45) is 2.79. The Labute approximate surface area is 86.0 Å². The molecule has 1 rings (SSSR count). The molecule has 0 atom stereocenters. The Kier molecular flexibility index (Phi) is 4.80. The lowest BCUT2D eigenvalue weighted by Crippen LogP contribution is -2.39. The molecular weight excluding hydrogens is 202 g/mol. The largest absolute Gasteiger partial charge is 0.320 e. The van der Waals surface area contributed by atoms with E-state index in [1.165, 1.54) is 4.31 Å². The molecule has 0 radical (unpaired) electrons. The number of nitrogens with zero attached hydrogens (tertiary/aromatic N) is 1. The third-order valence-electron chi connectivity index (χ3n) is 2.29. The maximum absolute atomic E-state index is 11.6. The van der Waals surface area contributed by atoms with E-state index in [0.29, 0.717) is 19.6 Å². The van der Waals surface area contributed by atoms with Crippen molar-refractivity contribution in [1.82, 2.24) is 14.3 Å². The molecule has 1 aliphatic heterocycles. The standard InChI is InChI=1S/C8H19N3O2S/c1-9-5-4-6-10-14(12,13)11-7-2-3-8-11/h9-10H,2-8H2,1H3. The molecule has 0 amide bonds. The fraction of sp³-hybridized carbons (Fsp3) is 1.00. The second-order valence-electron chi connectivity index (χ2n) is 3.46. The average Bonchev–Trinajstić information content (AvgIpc) is 2.65. The third-order valence-corrected chi connectivity index (χ3v) is 3.91. The van der Waals surface area contributed by atoms with Crippen LogP contribution in [0.3, 0.4) is 0 Å². The lowest BCUT2D eigenvalue weighted by Gasteiger charge is -2.15. The zero-order valence-electron chi connectivity index (χ0n) is 8.62. The highest BCUT2D eigenvalue weighted by atomic mass is 32.2. The molecule has 1 heterocycles. The van der Waals surface area contributed by atoms with Crippen molar-refractivity contribution in [3.8, 4) is 0 Å². The van der Waals surface area contributed by atoms with Crippen molar-refractivity contribution in [3.05, 3.63) is 0 Å². The molecule has 0 aliphatic carbocycles. The molecule has 1 saturated heterocycles. The summed E-state index contributed by atoms with van der Waals surface area (Å²) in [6.45, 7) is 2.69. The number of hydrogen-bond donors (Lipinski definition) is 2. The van der Waals surface area contributed by atoms with Gasteiger partial charge in [-0.3, -0.25) is 0 Å². The van der Waals surface area contributed by atoms with Crippen LogP contribution in [0.25, 0.3) is 0 Å². The van der Waals surface area contributed by atoms with E-state index in [-0.39, 0.29) is 0 Å². The maximum Gasteiger partial charge on any atom is 0.279 e. The highest BCUT2D eigenvalue weighted by molar-refractivity contribution is 7.87. The van der Waals surface area contributed by atoms with Crippen LogP contribution in [0.5, 0.6) is 0 Å². The Bertz CT molecular complexity index is 247. The smallest absolute Gasteiger partial charge is 0.279 e. The van der Waals surface area contributed by atoms with Crippen molar-refractivity contribution < 1.29 is 8.42 Å². The van der Waals surface area contributed by atoms with E-state index in [1.807, 2.05) is 7.05 Å². The molecule has 6 heteroatoms. The summed E-state index contributed by atoms with van der Waals surface area (Å²) in [4.78, 5) is 0. The van der Waals surface area contributed by atoms with Crippen LogP contribution in [-0.2, 0) is 10.2 Å². The van der Waals surface area contributed by atoms with E-state index in [1.54, 1.807) is 0 Å². The third kappa shape index (κ3) is 3.53. The van der Waals surface area contributed by atoms with E-state index >= 15 is 0 Å². The van der Waals surface area contributed by atoms with Gasteiger partial charge in [0, 0.05) is 19.6 Å². The van der Waals surface area contributed by atoms with E-state index in [4.69, 9.17) is 0 Å². The molecule has 0 unspecified atom stereocenters. The van der Waals surface area contributed by atoms with Gasteiger partial charge in [-0.05, 0) is 32.9 Å². The first-order valence-electron chi connectivity index (χ1n) is 5.06. The molecule has 0 saturated carbocycles. The lowest BCUT2D eigenvalue weighted by atomic mass is 10.4. The molecule has 1 fully saturated rings. The molecule has 1 aliphatic rings. The Morgan fingerprint density at radius 2 is 1.86 bits per heavy atom. The molecule has 0 aromatic rings. The minimum atomic E-state index is -3.18. The molecule has 84 valence electrons. The Balaban J connectivity index is 2.26. The van der Waals surface area contributed by atoms with Gasteiger partial charge >= 0.3 is 0 Å². The molecule has 14 heavy (non-hydrogen) atoms. The van der Waals surface area contributed by atoms with Crippen LogP contribution in [0.2, 0.25) is 0 Å². The number of hydrogen-bond acceptors (Lipinski definition) is 3. The van der Waals surface area contributed by atoms with Crippen LogP contribution < -0.4 is 10.0 Å². The minimum absolute atomic E-state index is 0.514. The maximum atomic E-state index is 11.6. The predicted molar refractivity (Wildman–Crippen MR) is 56.3 cm³/mol. The summed E-state index contributed by atoms with van der Waals surface area (Å²) < 4.78 is 27.3. The van der Waals surface area contributed by atoms with Crippen molar-refractivity contribution in [2.75, 3.05) is 33.2 Å². The Hall–Kier alpha value is -0.170. The molecular formula is C8H19N3O2S.